The number of ether oxygens (including phenoxy) is 2. The van der Waals surface area contributed by atoms with Gasteiger partial charge in [0, 0.05) is 0 Å². The average molecular weight is 498 g/mol. The van der Waals surface area contributed by atoms with E-state index in [1.807, 2.05) is 0 Å². The van der Waals surface area contributed by atoms with Crippen molar-refractivity contribution in [2.45, 2.75) is 4.90 Å². The first-order valence-corrected chi connectivity index (χ1v) is 11.5. The highest BCUT2D eigenvalue weighted by atomic mass is 35.5. The van der Waals surface area contributed by atoms with Gasteiger partial charge in [-0.3, -0.25) is 19.3 Å². The molecule has 3 rings (SSSR count). The molecule has 32 heavy (non-hydrogen) atoms. The molecule has 0 unspecified atom stereocenters. The van der Waals surface area contributed by atoms with Gasteiger partial charge in [0.15, 0.2) is 5.75 Å². The molecular formula is C20H16ClNO8S2. The molecule has 0 bridgehead atoms. The number of rotatable bonds is 7. The summed E-state index contributed by atoms with van der Waals surface area (Å²) in [6.45, 7) is -0.507. The second-order valence-corrected chi connectivity index (χ2v) is 9.18. The molecule has 0 radical (unpaired) electrons. The zero-order valence-electron chi connectivity index (χ0n) is 16.7. The molecule has 0 N–H and O–H groups in total. The van der Waals surface area contributed by atoms with E-state index in [-0.39, 0.29) is 26.3 Å². The van der Waals surface area contributed by atoms with Gasteiger partial charge in [0.25, 0.3) is 11.1 Å². The number of esters is 1. The maximum atomic E-state index is 12.5. The zero-order chi connectivity index (χ0) is 23.5. The number of methoxy groups -OCH3 is 2. The predicted molar refractivity (Wildman–Crippen MR) is 117 cm³/mol. The summed E-state index contributed by atoms with van der Waals surface area (Å²) in [5, 5.41) is -0.720. The number of thioether (sulfide) groups is 1. The number of imide groups is 1. The lowest BCUT2D eigenvalue weighted by Gasteiger charge is -2.13. The molecule has 12 heteroatoms. The lowest BCUT2D eigenvalue weighted by Crippen LogP contribution is -2.34. The van der Waals surface area contributed by atoms with Crippen LogP contribution in [0.25, 0.3) is 6.08 Å². The third-order valence-electron chi connectivity index (χ3n) is 4.16. The summed E-state index contributed by atoms with van der Waals surface area (Å²) in [6.07, 6.45) is 1.37. The zero-order valence-corrected chi connectivity index (χ0v) is 19.1. The van der Waals surface area contributed by atoms with E-state index >= 15 is 0 Å². The fourth-order valence-electron chi connectivity index (χ4n) is 2.63. The number of carbonyl (C=O) groups is 3. The Bertz CT molecular complexity index is 1210. The van der Waals surface area contributed by atoms with E-state index in [4.69, 9.17) is 20.5 Å². The van der Waals surface area contributed by atoms with Gasteiger partial charge in [-0.25, -0.2) is 0 Å². The number of halogens is 1. The summed E-state index contributed by atoms with van der Waals surface area (Å²) in [7, 11) is -1.73. The molecule has 0 spiro atoms. The summed E-state index contributed by atoms with van der Waals surface area (Å²) in [5.41, 5.74) is 0.347. The Balaban J connectivity index is 1.91. The molecule has 0 saturated carbocycles. The molecule has 2 aromatic carbocycles. The molecular weight excluding hydrogens is 482 g/mol. The maximum absolute atomic E-state index is 12.5. The van der Waals surface area contributed by atoms with Gasteiger partial charge in [-0.15, -0.1) is 0 Å². The Kier molecular flexibility index (Phi) is 7.12. The quantitative estimate of drug-likeness (QED) is 0.322. The standard InChI is InChI=1S/C20H16ClNO8S2/c1-28-15-9-12(10-16-19(24)22(20(25)31-16)11-17(23)29-2)8-14(21)18(15)30-32(26,27)13-6-4-3-5-7-13/h3-10H,11H2,1-2H3/b16-10-. The van der Waals surface area contributed by atoms with Crippen molar-refractivity contribution in [1.29, 1.82) is 0 Å². The van der Waals surface area contributed by atoms with E-state index in [0.717, 1.165) is 12.0 Å². The lowest BCUT2D eigenvalue weighted by molar-refractivity contribution is -0.143. The van der Waals surface area contributed by atoms with Crippen molar-refractivity contribution >= 4 is 56.7 Å². The summed E-state index contributed by atoms with van der Waals surface area (Å²) in [5.74, 6) is -1.64. The highest BCUT2D eigenvalue weighted by molar-refractivity contribution is 8.18. The van der Waals surface area contributed by atoms with E-state index < -0.39 is 33.8 Å². The lowest BCUT2D eigenvalue weighted by atomic mass is 10.2. The van der Waals surface area contributed by atoms with Gasteiger partial charge in [0.05, 0.1) is 24.1 Å². The molecule has 2 amide bonds. The van der Waals surface area contributed by atoms with Crippen molar-refractivity contribution in [2.75, 3.05) is 20.8 Å². The molecule has 2 aromatic rings. The van der Waals surface area contributed by atoms with Gasteiger partial charge >= 0.3 is 16.1 Å². The van der Waals surface area contributed by atoms with Crippen LogP contribution in [0.5, 0.6) is 11.5 Å². The van der Waals surface area contributed by atoms with E-state index in [1.54, 1.807) is 18.2 Å². The van der Waals surface area contributed by atoms with E-state index in [9.17, 15) is 22.8 Å². The molecule has 0 atom stereocenters. The fourth-order valence-corrected chi connectivity index (χ4v) is 4.75. The summed E-state index contributed by atoms with van der Waals surface area (Å²) in [4.78, 5) is 36.7. The number of nitrogens with zero attached hydrogens (tertiary/aromatic N) is 1. The van der Waals surface area contributed by atoms with Crippen molar-refractivity contribution in [3.63, 3.8) is 0 Å². The Morgan fingerprint density at radius 3 is 2.47 bits per heavy atom. The summed E-state index contributed by atoms with van der Waals surface area (Å²) >= 11 is 6.88. The number of hydrogen-bond donors (Lipinski definition) is 0. The van der Waals surface area contributed by atoms with Crippen LogP contribution in [0.2, 0.25) is 5.02 Å². The molecule has 1 heterocycles. The first kappa shape index (κ1) is 23.6. The SMILES string of the molecule is COC(=O)CN1C(=O)S/C(=C\c2cc(Cl)c(OS(=O)(=O)c3ccccc3)c(OC)c2)C1=O. The van der Waals surface area contributed by atoms with Gasteiger partial charge in [-0.1, -0.05) is 29.8 Å². The molecule has 9 nitrogen and oxygen atoms in total. The second kappa shape index (κ2) is 9.63. The minimum absolute atomic E-state index is 0.00274. The fraction of sp³-hybridized carbons (Fsp3) is 0.150. The first-order valence-electron chi connectivity index (χ1n) is 8.85. The highest BCUT2D eigenvalue weighted by Gasteiger charge is 2.36. The Morgan fingerprint density at radius 2 is 1.84 bits per heavy atom. The van der Waals surface area contributed by atoms with Crippen LogP contribution in [-0.4, -0.2) is 51.2 Å². The molecule has 1 aliphatic rings. The molecule has 1 saturated heterocycles. The molecule has 0 aliphatic carbocycles. The van der Waals surface area contributed by atoms with Gasteiger partial charge in [0.1, 0.15) is 11.4 Å². The predicted octanol–water partition coefficient (Wildman–Crippen LogP) is 3.33. The summed E-state index contributed by atoms with van der Waals surface area (Å²) < 4.78 is 40.0. The van der Waals surface area contributed by atoms with Crippen molar-refractivity contribution in [1.82, 2.24) is 4.90 Å². The third-order valence-corrected chi connectivity index (χ3v) is 6.59. The monoisotopic (exact) mass is 497 g/mol. The van der Waals surface area contributed by atoms with Crippen LogP contribution in [0.15, 0.2) is 52.3 Å². The minimum Gasteiger partial charge on any atom is -0.493 e. The van der Waals surface area contributed by atoms with Crippen LogP contribution in [0.3, 0.4) is 0 Å². The molecule has 168 valence electrons. The highest BCUT2D eigenvalue weighted by Crippen LogP contribution is 2.40. The van der Waals surface area contributed by atoms with E-state index in [1.165, 1.54) is 37.5 Å². The van der Waals surface area contributed by atoms with Gasteiger partial charge < -0.3 is 13.7 Å². The van der Waals surface area contributed by atoms with Gasteiger partial charge in [-0.2, -0.15) is 8.42 Å². The Labute approximate surface area is 193 Å². The first-order chi connectivity index (χ1) is 15.2. The second-order valence-electron chi connectivity index (χ2n) is 6.23. The number of amides is 2. The van der Waals surface area contributed by atoms with Crippen LogP contribution >= 0.6 is 23.4 Å². The smallest absolute Gasteiger partial charge is 0.339 e. The van der Waals surface area contributed by atoms with E-state index in [2.05, 4.69) is 4.74 Å². The third kappa shape index (κ3) is 5.06. The largest absolute Gasteiger partial charge is 0.493 e. The van der Waals surface area contributed by atoms with Gasteiger partial charge in [0.2, 0.25) is 5.75 Å². The van der Waals surface area contributed by atoms with E-state index in [0.29, 0.717) is 17.3 Å². The maximum Gasteiger partial charge on any atom is 0.339 e. The normalized spacial score (nSPS) is 15.2. The van der Waals surface area contributed by atoms with Crippen molar-refractivity contribution in [3.8, 4) is 11.5 Å². The minimum atomic E-state index is -4.17. The number of carbonyl (C=O) groups excluding carboxylic acids is 3. The van der Waals surface area contributed by atoms with Crippen LogP contribution < -0.4 is 8.92 Å². The number of benzene rings is 2. The van der Waals surface area contributed by atoms with Crippen molar-refractivity contribution in [3.05, 3.63) is 58.0 Å². The van der Waals surface area contributed by atoms with Crippen LogP contribution in [-0.2, 0) is 24.4 Å². The van der Waals surface area contributed by atoms with Crippen molar-refractivity contribution < 1.29 is 36.5 Å². The Morgan fingerprint density at radius 1 is 1.16 bits per heavy atom. The van der Waals surface area contributed by atoms with Gasteiger partial charge in [-0.05, 0) is 47.7 Å². The molecule has 0 aromatic heterocycles. The van der Waals surface area contributed by atoms with Crippen LogP contribution in [0.4, 0.5) is 4.79 Å². The van der Waals surface area contributed by atoms with Crippen LogP contribution in [0.1, 0.15) is 5.56 Å². The summed E-state index contributed by atoms with van der Waals surface area (Å²) in [6, 6.07) is 10.2. The topological polar surface area (TPSA) is 116 Å². The van der Waals surface area contributed by atoms with Crippen LogP contribution in [0, 0.1) is 0 Å². The molecule has 1 aliphatic heterocycles. The molecule has 1 fully saturated rings. The number of hydrogen-bond acceptors (Lipinski definition) is 9. The van der Waals surface area contributed by atoms with Crippen molar-refractivity contribution in [2.24, 2.45) is 0 Å². The average Bonchev–Trinajstić information content (AvgIpc) is 3.03. The Hall–Kier alpha value is -3.02.